The monoisotopic (exact) mass is 436 g/mol. The number of aryl methyl sites for hydroxylation is 1. The molecule has 168 valence electrons. The van der Waals surface area contributed by atoms with Crippen molar-refractivity contribution in [2.75, 3.05) is 4.90 Å². The summed E-state index contributed by atoms with van der Waals surface area (Å²) < 4.78 is 3.87. The molecule has 32 heavy (non-hydrogen) atoms. The molecule has 1 saturated carbocycles. The number of hydrogen-bond donors (Lipinski definition) is 2. The van der Waals surface area contributed by atoms with Gasteiger partial charge in [-0.05, 0) is 63.6 Å². The van der Waals surface area contributed by atoms with Crippen molar-refractivity contribution in [3.05, 3.63) is 58.3 Å². The fraction of sp³-hybridized carbons (Fsp3) is 0.458. The number of nitrogens with zero attached hydrogens (tertiary/aromatic N) is 4. The quantitative estimate of drug-likeness (QED) is 0.654. The molecule has 2 N–H and O–H groups in total. The average molecular weight is 437 g/mol. The Balaban J connectivity index is 1.67. The normalized spacial score (nSPS) is 23.3. The Bertz CT molecular complexity index is 1220. The summed E-state index contributed by atoms with van der Waals surface area (Å²) in [5.74, 6) is 0.795. The van der Waals surface area contributed by atoms with Gasteiger partial charge in [-0.1, -0.05) is 6.07 Å². The van der Waals surface area contributed by atoms with Gasteiger partial charge in [0.25, 0.3) is 5.56 Å². The first kappa shape index (κ1) is 20.8. The summed E-state index contributed by atoms with van der Waals surface area (Å²) in [4.78, 5) is 30.7. The molecule has 0 radical (unpaired) electrons. The van der Waals surface area contributed by atoms with Gasteiger partial charge in [0.05, 0.1) is 29.4 Å². The molecule has 3 heterocycles. The predicted octanol–water partition coefficient (Wildman–Crippen LogP) is 3.54. The second kappa shape index (κ2) is 8.09. The molecule has 1 amide bonds. The molecule has 3 aromatic rings. The molecule has 0 saturated heterocycles. The second-order valence-corrected chi connectivity index (χ2v) is 9.00. The number of anilines is 1. The van der Waals surface area contributed by atoms with E-state index in [1.165, 1.54) is 11.0 Å². The third-order valence-electron chi connectivity index (χ3n) is 6.98. The standard InChI is InChI=1S/C24H28N4O4/c1-15-5-10-18-19(27(15)24(31)32)11-12-20-23(18)25-21(14-26-13-3-2-4-22(26)30)28(20)16-6-8-17(29)9-7-16/h2-4,11-13,15-17,29H,5-10,14H2,1H3,(H,31,32)/t15-,16?,17?/m0/s1. The number of imidazole rings is 1. The van der Waals surface area contributed by atoms with Crippen LogP contribution in [0.5, 0.6) is 0 Å². The minimum Gasteiger partial charge on any atom is -0.465 e. The number of hydrogen-bond acceptors (Lipinski definition) is 4. The zero-order valence-electron chi connectivity index (χ0n) is 18.1. The van der Waals surface area contributed by atoms with Crippen molar-refractivity contribution in [3.63, 3.8) is 0 Å². The number of aliphatic hydroxyl groups excluding tert-OH is 1. The van der Waals surface area contributed by atoms with Crippen LogP contribution in [0.2, 0.25) is 0 Å². The lowest BCUT2D eigenvalue weighted by molar-refractivity contribution is 0.111. The van der Waals surface area contributed by atoms with Crippen molar-refractivity contribution in [2.24, 2.45) is 0 Å². The number of carboxylic acid groups (broad SMARTS) is 1. The van der Waals surface area contributed by atoms with Crippen LogP contribution in [-0.4, -0.2) is 42.6 Å². The summed E-state index contributed by atoms with van der Waals surface area (Å²) in [7, 11) is 0. The van der Waals surface area contributed by atoms with Gasteiger partial charge in [0, 0.05) is 29.9 Å². The minimum atomic E-state index is -0.949. The van der Waals surface area contributed by atoms with Gasteiger partial charge in [0.2, 0.25) is 0 Å². The van der Waals surface area contributed by atoms with E-state index >= 15 is 0 Å². The summed E-state index contributed by atoms with van der Waals surface area (Å²) in [6.07, 6.45) is 5.23. The first-order valence-electron chi connectivity index (χ1n) is 11.3. The number of benzene rings is 1. The molecule has 2 aliphatic rings. The second-order valence-electron chi connectivity index (χ2n) is 9.00. The molecule has 1 aliphatic heterocycles. The number of aromatic nitrogens is 3. The van der Waals surface area contributed by atoms with Crippen LogP contribution in [0.4, 0.5) is 10.5 Å². The van der Waals surface area contributed by atoms with Gasteiger partial charge in [0.15, 0.2) is 0 Å². The lowest BCUT2D eigenvalue weighted by Gasteiger charge is -2.33. The maximum atomic E-state index is 12.4. The van der Waals surface area contributed by atoms with Gasteiger partial charge < -0.3 is 19.3 Å². The van der Waals surface area contributed by atoms with Crippen LogP contribution in [0.1, 0.15) is 56.5 Å². The molecular weight excluding hydrogens is 408 g/mol. The van der Waals surface area contributed by atoms with Crippen LogP contribution in [0.25, 0.3) is 11.0 Å². The Hall–Kier alpha value is -3.13. The highest BCUT2D eigenvalue weighted by Crippen LogP contribution is 2.39. The lowest BCUT2D eigenvalue weighted by Crippen LogP contribution is -2.41. The highest BCUT2D eigenvalue weighted by Gasteiger charge is 2.32. The highest BCUT2D eigenvalue weighted by atomic mass is 16.4. The number of fused-ring (bicyclic) bond motifs is 3. The average Bonchev–Trinajstić information content (AvgIpc) is 3.13. The molecule has 5 rings (SSSR count). The number of aliphatic hydroxyl groups is 1. The molecule has 0 bridgehead atoms. The Morgan fingerprint density at radius 1 is 1.12 bits per heavy atom. The summed E-state index contributed by atoms with van der Waals surface area (Å²) in [5, 5.41) is 19.8. The Morgan fingerprint density at radius 2 is 1.91 bits per heavy atom. The molecular formula is C24H28N4O4. The van der Waals surface area contributed by atoms with E-state index in [2.05, 4.69) is 4.57 Å². The van der Waals surface area contributed by atoms with Gasteiger partial charge in [-0.3, -0.25) is 9.69 Å². The van der Waals surface area contributed by atoms with Crippen molar-refractivity contribution in [2.45, 2.75) is 70.2 Å². The van der Waals surface area contributed by atoms with Crippen molar-refractivity contribution in [1.29, 1.82) is 0 Å². The van der Waals surface area contributed by atoms with E-state index in [4.69, 9.17) is 4.98 Å². The van der Waals surface area contributed by atoms with Crippen LogP contribution < -0.4 is 10.5 Å². The topological polar surface area (TPSA) is 101 Å². The van der Waals surface area contributed by atoms with E-state index in [0.717, 1.165) is 60.9 Å². The van der Waals surface area contributed by atoms with E-state index in [-0.39, 0.29) is 23.7 Å². The first-order valence-corrected chi connectivity index (χ1v) is 11.3. The van der Waals surface area contributed by atoms with Gasteiger partial charge in [-0.25, -0.2) is 9.78 Å². The van der Waals surface area contributed by atoms with Gasteiger partial charge in [-0.15, -0.1) is 0 Å². The van der Waals surface area contributed by atoms with Crippen LogP contribution in [0.15, 0.2) is 41.3 Å². The first-order chi connectivity index (χ1) is 15.4. The molecule has 1 atom stereocenters. The largest absolute Gasteiger partial charge is 0.465 e. The van der Waals surface area contributed by atoms with Gasteiger partial charge >= 0.3 is 6.09 Å². The maximum Gasteiger partial charge on any atom is 0.412 e. The van der Waals surface area contributed by atoms with Gasteiger partial charge in [0.1, 0.15) is 5.82 Å². The van der Waals surface area contributed by atoms with Crippen molar-refractivity contribution < 1.29 is 15.0 Å². The van der Waals surface area contributed by atoms with Crippen LogP contribution in [0, 0.1) is 0 Å². The van der Waals surface area contributed by atoms with E-state index in [1.54, 1.807) is 16.8 Å². The van der Waals surface area contributed by atoms with Crippen LogP contribution in [0.3, 0.4) is 0 Å². The van der Waals surface area contributed by atoms with Crippen molar-refractivity contribution in [3.8, 4) is 0 Å². The third-order valence-corrected chi connectivity index (χ3v) is 6.98. The predicted molar refractivity (Wildman–Crippen MR) is 121 cm³/mol. The van der Waals surface area contributed by atoms with E-state index < -0.39 is 6.09 Å². The highest BCUT2D eigenvalue weighted by molar-refractivity contribution is 5.94. The van der Waals surface area contributed by atoms with Gasteiger partial charge in [-0.2, -0.15) is 0 Å². The Labute approximate surface area is 185 Å². The smallest absolute Gasteiger partial charge is 0.412 e. The molecule has 8 nitrogen and oxygen atoms in total. The Kier molecular flexibility index (Phi) is 5.25. The molecule has 1 fully saturated rings. The third kappa shape index (κ3) is 3.48. The SMILES string of the molecule is C[C@H]1CCc2c(ccc3c2nc(Cn2ccccc2=O)n3C2CCC(O)CC2)N1C(=O)O. The van der Waals surface area contributed by atoms with Crippen LogP contribution in [-0.2, 0) is 13.0 Å². The number of pyridine rings is 1. The van der Waals surface area contributed by atoms with E-state index in [0.29, 0.717) is 12.2 Å². The summed E-state index contributed by atoms with van der Waals surface area (Å²) in [6, 6.07) is 9.07. The number of rotatable bonds is 3. The maximum absolute atomic E-state index is 12.4. The zero-order chi connectivity index (χ0) is 22.4. The van der Waals surface area contributed by atoms with Crippen LogP contribution >= 0.6 is 0 Å². The van der Waals surface area contributed by atoms with E-state index in [9.17, 15) is 19.8 Å². The molecule has 2 aromatic heterocycles. The van der Waals surface area contributed by atoms with Crippen molar-refractivity contribution >= 4 is 22.8 Å². The molecule has 0 spiro atoms. The summed E-state index contributed by atoms with van der Waals surface area (Å²) >= 11 is 0. The van der Waals surface area contributed by atoms with Crippen molar-refractivity contribution in [1.82, 2.24) is 14.1 Å². The fourth-order valence-corrected chi connectivity index (χ4v) is 5.32. The number of amides is 1. The number of carbonyl (C=O) groups is 1. The summed E-state index contributed by atoms with van der Waals surface area (Å²) in [5.41, 5.74) is 3.38. The molecule has 1 aromatic carbocycles. The zero-order valence-corrected chi connectivity index (χ0v) is 18.1. The Morgan fingerprint density at radius 3 is 2.62 bits per heavy atom. The molecule has 8 heteroatoms. The lowest BCUT2D eigenvalue weighted by atomic mass is 9.92. The molecule has 0 unspecified atom stereocenters. The summed E-state index contributed by atoms with van der Waals surface area (Å²) in [6.45, 7) is 2.28. The van der Waals surface area contributed by atoms with E-state index in [1.807, 2.05) is 25.1 Å². The fourth-order valence-electron chi connectivity index (χ4n) is 5.32. The minimum absolute atomic E-state index is 0.0817. The molecule has 1 aliphatic carbocycles.